The highest BCUT2D eigenvalue weighted by Crippen LogP contribution is 2.22. The van der Waals surface area contributed by atoms with Crippen LogP contribution in [0.15, 0.2) is 12.2 Å². The second kappa shape index (κ2) is 4.43. The van der Waals surface area contributed by atoms with Crippen molar-refractivity contribution in [2.45, 2.75) is 44.1 Å². The van der Waals surface area contributed by atoms with Crippen LogP contribution >= 0.6 is 15.9 Å². The van der Waals surface area contributed by atoms with Gasteiger partial charge in [0.05, 0.1) is 0 Å². The summed E-state index contributed by atoms with van der Waals surface area (Å²) >= 11 is 3.62. The van der Waals surface area contributed by atoms with E-state index in [1.54, 1.807) is 0 Å². The minimum absolute atomic E-state index is 0.560. The smallest absolute Gasteiger partial charge is 0.0340 e. The van der Waals surface area contributed by atoms with E-state index in [1.807, 2.05) is 0 Å². The van der Waals surface area contributed by atoms with Crippen LogP contribution in [-0.2, 0) is 0 Å². The van der Waals surface area contributed by atoms with Crippen LogP contribution in [0.4, 0.5) is 0 Å². The number of allylic oxidation sites excluding steroid dienone is 1. The van der Waals surface area contributed by atoms with Crippen molar-refractivity contribution >= 4 is 15.9 Å². The summed E-state index contributed by atoms with van der Waals surface area (Å²) in [6.45, 7) is 6.68. The second-order valence-electron chi connectivity index (χ2n) is 3.92. The Morgan fingerprint density at radius 2 is 2.08 bits per heavy atom. The van der Waals surface area contributed by atoms with Crippen LogP contribution in [-0.4, -0.2) is 16.9 Å². The maximum absolute atomic E-state index is 3.62. The zero-order valence-electron chi connectivity index (χ0n) is 8.05. The minimum atomic E-state index is 0.560. The van der Waals surface area contributed by atoms with E-state index in [0.717, 1.165) is 0 Å². The van der Waals surface area contributed by atoms with Crippen LogP contribution in [0, 0.1) is 5.92 Å². The lowest BCUT2D eigenvalue weighted by atomic mass is 9.91. The highest BCUT2D eigenvalue weighted by atomic mass is 79.9. The largest absolute Gasteiger partial charge is 0.311 e. The molecule has 1 rings (SSSR count). The quantitative estimate of drug-likeness (QED) is 0.570. The Bertz CT molecular complexity index is 165. The molecule has 3 atom stereocenters. The Balaban J connectivity index is 2.48. The topological polar surface area (TPSA) is 12.0 Å². The van der Waals surface area contributed by atoms with Crippen molar-refractivity contribution in [1.82, 2.24) is 5.32 Å². The van der Waals surface area contributed by atoms with Gasteiger partial charge in [0.15, 0.2) is 0 Å². The summed E-state index contributed by atoms with van der Waals surface area (Å²) in [7, 11) is 0. The van der Waals surface area contributed by atoms with Gasteiger partial charge in [-0.05, 0) is 12.3 Å². The molecule has 0 aromatic carbocycles. The van der Waals surface area contributed by atoms with Gasteiger partial charge in [0.1, 0.15) is 0 Å². The lowest BCUT2D eigenvalue weighted by Gasteiger charge is -2.30. The van der Waals surface area contributed by atoms with E-state index in [4.69, 9.17) is 0 Å². The Hall–Kier alpha value is 0.180. The van der Waals surface area contributed by atoms with Crippen molar-refractivity contribution in [3.8, 4) is 0 Å². The molecule has 70 valence electrons. The fourth-order valence-corrected chi connectivity index (χ4v) is 2.19. The third-order valence-electron chi connectivity index (χ3n) is 2.28. The highest BCUT2D eigenvalue weighted by molar-refractivity contribution is 9.09. The molecule has 2 heteroatoms. The van der Waals surface area contributed by atoms with Crippen LogP contribution in [0.5, 0.6) is 0 Å². The lowest BCUT2D eigenvalue weighted by molar-refractivity contribution is 0.370. The number of hydrogen-bond acceptors (Lipinski definition) is 1. The van der Waals surface area contributed by atoms with Crippen LogP contribution in [0.25, 0.3) is 0 Å². The van der Waals surface area contributed by atoms with Gasteiger partial charge in [0.25, 0.3) is 0 Å². The summed E-state index contributed by atoms with van der Waals surface area (Å²) in [5, 5.41) is 3.58. The van der Waals surface area contributed by atoms with Crippen LogP contribution in [0.3, 0.4) is 0 Å². The molecule has 0 amide bonds. The molecule has 0 saturated heterocycles. The number of hydrogen-bond donors (Lipinski definition) is 1. The minimum Gasteiger partial charge on any atom is -0.311 e. The Morgan fingerprint density at radius 1 is 1.42 bits per heavy atom. The molecule has 0 heterocycles. The van der Waals surface area contributed by atoms with Gasteiger partial charge in [-0.2, -0.15) is 0 Å². The summed E-state index contributed by atoms with van der Waals surface area (Å²) in [5.41, 5.74) is 0. The molecule has 12 heavy (non-hydrogen) atoms. The first kappa shape index (κ1) is 10.3. The van der Waals surface area contributed by atoms with E-state index >= 15 is 0 Å². The number of halogens is 1. The first-order chi connectivity index (χ1) is 5.59. The number of alkyl halides is 1. The Labute approximate surface area is 83.7 Å². The molecule has 0 fully saturated rings. The predicted octanol–water partition coefficient (Wildman–Crippen LogP) is 2.71. The van der Waals surface area contributed by atoms with Gasteiger partial charge in [-0.25, -0.2) is 0 Å². The first-order valence-corrected chi connectivity index (χ1v) is 5.59. The maximum Gasteiger partial charge on any atom is 0.0340 e. The van der Waals surface area contributed by atoms with Gasteiger partial charge in [-0.3, -0.25) is 0 Å². The van der Waals surface area contributed by atoms with Gasteiger partial charge in [0, 0.05) is 16.9 Å². The molecule has 0 aromatic rings. The molecule has 0 radical (unpaired) electrons. The normalized spacial score (nSPS) is 35.9. The van der Waals surface area contributed by atoms with Gasteiger partial charge < -0.3 is 5.32 Å². The molecule has 0 saturated carbocycles. The molecule has 0 aromatic heterocycles. The molecule has 1 aliphatic carbocycles. The summed E-state index contributed by atoms with van der Waals surface area (Å²) in [6.07, 6.45) is 5.75. The van der Waals surface area contributed by atoms with Crippen molar-refractivity contribution in [2.75, 3.05) is 0 Å². The Kier molecular flexibility index (Phi) is 3.78. The highest BCUT2D eigenvalue weighted by Gasteiger charge is 2.21. The average molecular weight is 232 g/mol. The van der Waals surface area contributed by atoms with Crippen LogP contribution in [0.1, 0.15) is 27.2 Å². The first-order valence-electron chi connectivity index (χ1n) is 4.68. The van der Waals surface area contributed by atoms with Crippen molar-refractivity contribution in [2.24, 2.45) is 5.92 Å². The van der Waals surface area contributed by atoms with Gasteiger partial charge in [-0.1, -0.05) is 48.9 Å². The molecule has 0 bridgehead atoms. The van der Waals surface area contributed by atoms with Crippen molar-refractivity contribution in [3.63, 3.8) is 0 Å². The maximum atomic E-state index is 3.62. The summed E-state index contributed by atoms with van der Waals surface area (Å²) < 4.78 is 0. The van der Waals surface area contributed by atoms with Crippen molar-refractivity contribution in [1.29, 1.82) is 0 Å². The van der Waals surface area contributed by atoms with E-state index in [-0.39, 0.29) is 0 Å². The monoisotopic (exact) mass is 231 g/mol. The molecule has 1 aliphatic rings. The second-order valence-corrected chi connectivity index (χ2v) is 5.10. The number of rotatable bonds is 2. The molecule has 1 nitrogen and oxygen atoms in total. The Morgan fingerprint density at radius 3 is 2.67 bits per heavy atom. The van der Waals surface area contributed by atoms with Crippen LogP contribution < -0.4 is 5.32 Å². The van der Waals surface area contributed by atoms with Crippen LogP contribution in [0.2, 0.25) is 0 Å². The van der Waals surface area contributed by atoms with E-state index < -0.39 is 0 Å². The molecule has 1 N–H and O–H groups in total. The molecular weight excluding hydrogens is 214 g/mol. The third kappa shape index (κ3) is 2.91. The lowest BCUT2D eigenvalue weighted by Crippen LogP contribution is -2.41. The number of nitrogens with one attached hydrogen (secondary N) is 1. The van der Waals surface area contributed by atoms with Gasteiger partial charge >= 0.3 is 0 Å². The SMILES string of the molecule is CC(C)NC1CC(Br)C=C[C@H]1C. The zero-order valence-corrected chi connectivity index (χ0v) is 9.64. The summed E-state index contributed by atoms with van der Waals surface area (Å²) in [5.74, 6) is 0.668. The van der Waals surface area contributed by atoms with E-state index in [9.17, 15) is 0 Å². The predicted molar refractivity (Wildman–Crippen MR) is 57.7 cm³/mol. The van der Waals surface area contributed by atoms with Gasteiger partial charge in [-0.15, -0.1) is 0 Å². The fraction of sp³-hybridized carbons (Fsp3) is 0.800. The zero-order chi connectivity index (χ0) is 9.14. The average Bonchev–Trinajstić information content (AvgIpc) is 1.96. The van der Waals surface area contributed by atoms with E-state index in [0.29, 0.717) is 22.8 Å². The van der Waals surface area contributed by atoms with E-state index in [1.165, 1.54) is 6.42 Å². The van der Waals surface area contributed by atoms with E-state index in [2.05, 4.69) is 54.2 Å². The van der Waals surface area contributed by atoms with Crippen molar-refractivity contribution < 1.29 is 0 Å². The molecular formula is C10H18BrN. The standard InChI is InChI=1S/C10H18BrN/c1-7(2)12-10-6-9(11)5-4-8(10)3/h4-5,7-10,12H,6H2,1-3H3/t8-,9?,10?/m1/s1. The summed E-state index contributed by atoms with van der Waals surface area (Å²) in [4.78, 5) is 0.560. The molecule has 0 aliphatic heterocycles. The van der Waals surface area contributed by atoms with Crippen molar-refractivity contribution in [3.05, 3.63) is 12.2 Å². The molecule has 0 spiro atoms. The fourth-order valence-electron chi connectivity index (χ4n) is 1.61. The third-order valence-corrected chi connectivity index (χ3v) is 2.96. The molecule has 2 unspecified atom stereocenters. The summed E-state index contributed by atoms with van der Waals surface area (Å²) in [6, 6.07) is 1.23. The van der Waals surface area contributed by atoms with Gasteiger partial charge in [0.2, 0.25) is 0 Å².